The number of fused-ring (bicyclic) bond motifs is 1. The lowest BCUT2D eigenvalue weighted by molar-refractivity contribution is -0.141. The summed E-state index contributed by atoms with van der Waals surface area (Å²) < 4.78 is 19.5. The molecule has 2 aromatic carbocycles. The molecule has 7 heteroatoms. The van der Waals surface area contributed by atoms with Crippen molar-refractivity contribution < 1.29 is 18.7 Å². The summed E-state index contributed by atoms with van der Waals surface area (Å²) in [7, 11) is 0. The lowest BCUT2D eigenvalue weighted by Crippen LogP contribution is -2.47. The Morgan fingerprint density at radius 1 is 1.17 bits per heavy atom. The number of ether oxygens (including phenoxy) is 1. The Balaban J connectivity index is 1.22. The zero-order valence-electron chi connectivity index (χ0n) is 16.6. The van der Waals surface area contributed by atoms with E-state index in [4.69, 9.17) is 16.3 Å². The van der Waals surface area contributed by atoms with Crippen LogP contribution < -0.4 is 10.1 Å². The van der Waals surface area contributed by atoms with E-state index in [-0.39, 0.29) is 23.5 Å². The number of nitrogens with one attached hydrogen (secondary N) is 1. The van der Waals surface area contributed by atoms with Crippen LogP contribution in [0.2, 0.25) is 5.02 Å². The molecule has 30 heavy (non-hydrogen) atoms. The monoisotopic (exact) mass is 430 g/mol. The SMILES string of the molecule is O=C(NCCc1ccccc1F)C1CCN(C(=O)C2Cc3cc(Cl)ccc3O2)CC1. The Morgan fingerprint density at radius 3 is 2.70 bits per heavy atom. The molecular weight excluding hydrogens is 407 g/mol. The summed E-state index contributed by atoms with van der Waals surface area (Å²) in [6.07, 6.45) is 1.68. The van der Waals surface area contributed by atoms with Gasteiger partial charge >= 0.3 is 0 Å². The number of benzene rings is 2. The minimum absolute atomic E-state index is 0.0300. The zero-order chi connectivity index (χ0) is 21.1. The van der Waals surface area contributed by atoms with Crippen LogP contribution in [0.3, 0.4) is 0 Å². The van der Waals surface area contributed by atoms with Gasteiger partial charge < -0.3 is 15.0 Å². The van der Waals surface area contributed by atoms with Crippen LogP contribution in [0.25, 0.3) is 0 Å². The Morgan fingerprint density at radius 2 is 1.93 bits per heavy atom. The highest BCUT2D eigenvalue weighted by molar-refractivity contribution is 6.30. The maximum absolute atomic E-state index is 13.7. The standard InChI is InChI=1S/C23H24ClFN2O3/c24-18-5-6-20-17(13-18)14-21(30-20)23(29)27-11-8-16(9-12-27)22(28)26-10-7-15-3-1-2-4-19(15)25/h1-6,13,16,21H,7-12,14H2,(H,26,28). The maximum Gasteiger partial charge on any atom is 0.263 e. The van der Waals surface area contributed by atoms with Crippen LogP contribution in [-0.4, -0.2) is 42.5 Å². The van der Waals surface area contributed by atoms with Gasteiger partial charge in [-0.25, -0.2) is 4.39 Å². The fourth-order valence-electron chi connectivity index (χ4n) is 4.09. The van der Waals surface area contributed by atoms with E-state index in [1.807, 2.05) is 6.07 Å². The van der Waals surface area contributed by atoms with E-state index < -0.39 is 6.10 Å². The minimum Gasteiger partial charge on any atom is -0.480 e. The molecule has 4 rings (SSSR count). The number of nitrogens with zero attached hydrogens (tertiary/aromatic N) is 1. The lowest BCUT2D eigenvalue weighted by atomic mass is 9.95. The van der Waals surface area contributed by atoms with E-state index in [0.717, 1.165) is 5.56 Å². The van der Waals surface area contributed by atoms with Gasteiger partial charge in [0.25, 0.3) is 5.91 Å². The van der Waals surface area contributed by atoms with Crippen LogP contribution >= 0.6 is 11.6 Å². The molecule has 0 spiro atoms. The van der Waals surface area contributed by atoms with Gasteiger partial charge in [-0.15, -0.1) is 0 Å². The first-order valence-electron chi connectivity index (χ1n) is 10.3. The molecule has 2 amide bonds. The molecule has 1 atom stereocenters. The van der Waals surface area contributed by atoms with E-state index in [0.29, 0.717) is 61.7 Å². The van der Waals surface area contributed by atoms with Crippen LogP contribution in [-0.2, 0) is 22.4 Å². The van der Waals surface area contributed by atoms with Gasteiger partial charge in [-0.2, -0.15) is 0 Å². The van der Waals surface area contributed by atoms with Crippen molar-refractivity contribution in [1.82, 2.24) is 10.2 Å². The summed E-state index contributed by atoms with van der Waals surface area (Å²) in [4.78, 5) is 27.0. The average Bonchev–Trinajstić information content (AvgIpc) is 3.18. The normalized spacial score (nSPS) is 18.6. The quantitative estimate of drug-likeness (QED) is 0.791. The van der Waals surface area contributed by atoms with Gasteiger partial charge in [-0.05, 0) is 54.7 Å². The minimum atomic E-state index is -0.524. The van der Waals surface area contributed by atoms with E-state index in [1.165, 1.54) is 6.07 Å². The number of hydrogen-bond donors (Lipinski definition) is 1. The molecule has 1 fully saturated rings. The molecule has 0 aliphatic carbocycles. The van der Waals surface area contributed by atoms with Gasteiger partial charge in [0, 0.05) is 37.0 Å². The third-order valence-electron chi connectivity index (χ3n) is 5.80. The third-order valence-corrected chi connectivity index (χ3v) is 6.04. The van der Waals surface area contributed by atoms with Crippen LogP contribution in [0, 0.1) is 11.7 Å². The number of carbonyl (C=O) groups excluding carboxylic acids is 2. The average molecular weight is 431 g/mol. The van der Waals surface area contributed by atoms with E-state index in [2.05, 4.69) is 5.32 Å². The Bertz CT molecular complexity index is 944. The predicted octanol–water partition coefficient (Wildman–Crippen LogP) is 3.38. The van der Waals surface area contributed by atoms with Gasteiger partial charge in [0.2, 0.25) is 5.91 Å². The molecular formula is C23H24ClFN2O3. The summed E-state index contributed by atoms with van der Waals surface area (Å²) >= 11 is 6.02. The van der Waals surface area contributed by atoms with Gasteiger partial charge in [-0.1, -0.05) is 29.8 Å². The highest BCUT2D eigenvalue weighted by Gasteiger charge is 2.35. The molecule has 2 aromatic rings. The molecule has 0 radical (unpaired) electrons. The summed E-state index contributed by atoms with van der Waals surface area (Å²) in [5, 5.41) is 3.53. The summed E-state index contributed by atoms with van der Waals surface area (Å²) in [5.74, 6) is 0.257. The maximum atomic E-state index is 13.7. The Kier molecular flexibility index (Phi) is 6.23. The van der Waals surface area contributed by atoms with Crippen LogP contribution in [0.4, 0.5) is 4.39 Å². The molecule has 5 nitrogen and oxygen atoms in total. The van der Waals surface area contributed by atoms with Crippen molar-refractivity contribution in [3.05, 3.63) is 64.4 Å². The zero-order valence-corrected chi connectivity index (χ0v) is 17.3. The predicted molar refractivity (Wildman–Crippen MR) is 112 cm³/mol. The number of rotatable bonds is 5. The fourth-order valence-corrected chi connectivity index (χ4v) is 4.28. The van der Waals surface area contributed by atoms with Gasteiger partial charge in [0.05, 0.1) is 0 Å². The number of hydrogen-bond acceptors (Lipinski definition) is 3. The number of halogens is 2. The van der Waals surface area contributed by atoms with Gasteiger partial charge in [0.15, 0.2) is 6.10 Å². The molecule has 2 aliphatic heterocycles. The van der Waals surface area contributed by atoms with Crippen LogP contribution in [0.15, 0.2) is 42.5 Å². The highest BCUT2D eigenvalue weighted by Crippen LogP contribution is 2.32. The third kappa shape index (κ3) is 4.59. The van der Waals surface area contributed by atoms with Crippen molar-refractivity contribution in [2.45, 2.75) is 31.8 Å². The second kappa shape index (κ2) is 9.04. The van der Waals surface area contributed by atoms with Gasteiger partial charge in [0.1, 0.15) is 11.6 Å². The largest absolute Gasteiger partial charge is 0.480 e. The molecule has 1 N–H and O–H groups in total. The first kappa shape index (κ1) is 20.7. The summed E-state index contributed by atoms with van der Waals surface area (Å²) in [6, 6.07) is 12.0. The van der Waals surface area contributed by atoms with Crippen molar-refractivity contribution in [3.8, 4) is 5.75 Å². The summed E-state index contributed by atoms with van der Waals surface area (Å²) in [6.45, 7) is 1.46. The number of carbonyl (C=O) groups is 2. The van der Waals surface area contributed by atoms with Crippen molar-refractivity contribution >= 4 is 23.4 Å². The first-order valence-corrected chi connectivity index (χ1v) is 10.6. The van der Waals surface area contributed by atoms with E-state index in [1.54, 1.807) is 35.2 Å². The molecule has 0 bridgehead atoms. The van der Waals surface area contributed by atoms with Gasteiger partial charge in [-0.3, -0.25) is 9.59 Å². The smallest absolute Gasteiger partial charge is 0.263 e. The fraction of sp³-hybridized carbons (Fsp3) is 0.391. The van der Waals surface area contributed by atoms with Crippen molar-refractivity contribution in [3.63, 3.8) is 0 Å². The number of piperidine rings is 1. The lowest BCUT2D eigenvalue weighted by Gasteiger charge is -2.32. The van der Waals surface area contributed by atoms with Crippen molar-refractivity contribution in [1.29, 1.82) is 0 Å². The second-order valence-corrected chi connectivity index (χ2v) is 8.23. The molecule has 0 saturated carbocycles. The number of amides is 2. The first-order chi connectivity index (χ1) is 14.5. The van der Waals surface area contributed by atoms with Crippen LogP contribution in [0.1, 0.15) is 24.0 Å². The summed E-state index contributed by atoms with van der Waals surface area (Å²) in [5.41, 5.74) is 1.54. The van der Waals surface area contributed by atoms with Crippen molar-refractivity contribution in [2.75, 3.05) is 19.6 Å². The molecule has 1 unspecified atom stereocenters. The molecule has 0 aromatic heterocycles. The molecule has 1 saturated heterocycles. The van der Waals surface area contributed by atoms with Crippen molar-refractivity contribution in [2.24, 2.45) is 5.92 Å². The molecule has 158 valence electrons. The van der Waals surface area contributed by atoms with Crippen LogP contribution in [0.5, 0.6) is 5.75 Å². The topological polar surface area (TPSA) is 58.6 Å². The Labute approximate surface area is 180 Å². The van der Waals surface area contributed by atoms with E-state index in [9.17, 15) is 14.0 Å². The molecule has 2 heterocycles. The number of likely N-dealkylation sites (tertiary alicyclic amines) is 1. The molecule has 2 aliphatic rings. The Hall–Kier alpha value is -2.60. The van der Waals surface area contributed by atoms with E-state index >= 15 is 0 Å². The second-order valence-electron chi connectivity index (χ2n) is 7.79. The highest BCUT2D eigenvalue weighted by atomic mass is 35.5.